The molecule has 4 heteroatoms. The van der Waals surface area contributed by atoms with Gasteiger partial charge in [0.15, 0.2) is 0 Å². The number of aliphatic hydroxyl groups excluding tert-OH is 1. The Bertz CT molecular complexity index is 383. The summed E-state index contributed by atoms with van der Waals surface area (Å²) in [5.74, 6) is 1.45. The van der Waals surface area contributed by atoms with E-state index in [0.29, 0.717) is 12.0 Å². The average molecular weight is 249 g/mol. The number of pyridine rings is 1. The molecule has 0 saturated carbocycles. The second kappa shape index (κ2) is 6.16. The fourth-order valence-corrected chi connectivity index (χ4v) is 2.57. The molecular formula is C14H23N3O. The number of nitrogens with zero attached hydrogens (tertiary/aromatic N) is 2. The standard InChI is InChI=1S/C14H23N3O/c1-11(15-2)13-6-3-7-16-14(13)17-8-4-5-12(9-17)10-18/h3,6-7,11-12,15,18H,4-5,8-10H2,1-2H3. The molecule has 2 rings (SSSR count). The van der Waals surface area contributed by atoms with E-state index in [-0.39, 0.29) is 6.61 Å². The number of rotatable bonds is 4. The summed E-state index contributed by atoms with van der Waals surface area (Å²) in [5, 5.41) is 12.6. The molecular weight excluding hydrogens is 226 g/mol. The zero-order valence-corrected chi connectivity index (χ0v) is 11.3. The maximum absolute atomic E-state index is 9.32. The van der Waals surface area contributed by atoms with Crippen LogP contribution in [0.25, 0.3) is 0 Å². The average Bonchev–Trinajstić information content (AvgIpc) is 2.46. The summed E-state index contributed by atoms with van der Waals surface area (Å²) in [7, 11) is 1.97. The van der Waals surface area contributed by atoms with Gasteiger partial charge in [-0.25, -0.2) is 4.98 Å². The molecule has 1 aromatic heterocycles. The molecule has 1 aromatic rings. The molecule has 0 radical (unpaired) electrons. The van der Waals surface area contributed by atoms with Crippen molar-refractivity contribution in [1.82, 2.24) is 10.3 Å². The Morgan fingerprint density at radius 3 is 3.17 bits per heavy atom. The highest BCUT2D eigenvalue weighted by Gasteiger charge is 2.23. The lowest BCUT2D eigenvalue weighted by atomic mass is 9.98. The Hall–Kier alpha value is -1.13. The summed E-state index contributed by atoms with van der Waals surface area (Å²) in [6.07, 6.45) is 4.11. The summed E-state index contributed by atoms with van der Waals surface area (Å²) in [5.41, 5.74) is 1.23. The van der Waals surface area contributed by atoms with Gasteiger partial charge < -0.3 is 15.3 Å². The molecule has 2 N–H and O–H groups in total. The van der Waals surface area contributed by atoms with Crippen molar-refractivity contribution in [3.05, 3.63) is 23.9 Å². The van der Waals surface area contributed by atoms with Crippen LogP contribution in [0.4, 0.5) is 5.82 Å². The first kappa shape index (κ1) is 13.3. The molecule has 0 spiro atoms. The molecule has 18 heavy (non-hydrogen) atoms. The van der Waals surface area contributed by atoms with E-state index in [1.807, 2.05) is 19.3 Å². The highest BCUT2D eigenvalue weighted by molar-refractivity contribution is 5.48. The highest BCUT2D eigenvalue weighted by Crippen LogP contribution is 2.27. The van der Waals surface area contributed by atoms with Crippen LogP contribution in [0.15, 0.2) is 18.3 Å². The van der Waals surface area contributed by atoms with Gasteiger partial charge in [-0.05, 0) is 38.8 Å². The molecule has 2 unspecified atom stereocenters. The van der Waals surface area contributed by atoms with Gasteiger partial charge in [0, 0.05) is 37.5 Å². The second-order valence-corrected chi connectivity index (χ2v) is 5.06. The van der Waals surface area contributed by atoms with Crippen LogP contribution in [-0.2, 0) is 0 Å². The number of hydrogen-bond acceptors (Lipinski definition) is 4. The molecule has 0 aliphatic carbocycles. The van der Waals surface area contributed by atoms with Crippen LogP contribution in [0.3, 0.4) is 0 Å². The molecule has 1 aliphatic rings. The Morgan fingerprint density at radius 2 is 2.44 bits per heavy atom. The Labute approximate surface area is 109 Å². The molecule has 1 aliphatic heterocycles. The van der Waals surface area contributed by atoms with Gasteiger partial charge in [0.1, 0.15) is 5.82 Å². The van der Waals surface area contributed by atoms with Crippen molar-refractivity contribution in [2.24, 2.45) is 5.92 Å². The Balaban J connectivity index is 2.21. The molecule has 1 fully saturated rings. The number of piperidine rings is 1. The monoisotopic (exact) mass is 249 g/mol. The largest absolute Gasteiger partial charge is 0.396 e. The Kier molecular flexibility index (Phi) is 4.55. The fourth-order valence-electron chi connectivity index (χ4n) is 2.57. The maximum atomic E-state index is 9.32. The van der Waals surface area contributed by atoms with Gasteiger partial charge in [-0.15, -0.1) is 0 Å². The number of aromatic nitrogens is 1. The van der Waals surface area contributed by atoms with E-state index in [0.717, 1.165) is 31.7 Å². The van der Waals surface area contributed by atoms with Crippen LogP contribution in [0, 0.1) is 5.92 Å². The van der Waals surface area contributed by atoms with Crippen molar-refractivity contribution in [3.63, 3.8) is 0 Å². The van der Waals surface area contributed by atoms with Crippen LogP contribution in [-0.4, -0.2) is 36.8 Å². The predicted octanol–water partition coefficient (Wildman–Crippen LogP) is 1.57. The van der Waals surface area contributed by atoms with Gasteiger partial charge >= 0.3 is 0 Å². The first-order valence-corrected chi connectivity index (χ1v) is 6.74. The highest BCUT2D eigenvalue weighted by atomic mass is 16.3. The third-order valence-corrected chi connectivity index (χ3v) is 3.79. The van der Waals surface area contributed by atoms with Crippen molar-refractivity contribution in [1.29, 1.82) is 0 Å². The zero-order valence-electron chi connectivity index (χ0n) is 11.3. The third kappa shape index (κ3) is 2.82. The minimum absolute atomic E-state index is 0.278. The SMILES string of the molecule is CNC(C)c1cccnc1N1CCCC(CO)C1. The molecule has 2 heterocycles. The van der Waals surface area contributed by atoms with E-state index >= 15 is 0 Å². The summed E-state index contributed by atoms with van der Waals surface area (Å²) in [6, 6.07) is 4.41. The quantitative estimate of drug-likeness (QED) is 0.850. The van der Waals surface area contributed by atoms with Crippen LogP contribution >= 0.6 is 0 Å². The summed E-state index contributed by atoms with van der Waals surface area (Å²) in [6.45, 7) is 4.38. The van der Waals surface area contributed by atoms with E-state index < -0.39 is 0 Å². The van der Waals surface area contributed by atoms with Crippen molar-refractivity contribution in [2.75, 3.05) is 31.6 Å². The van der Waals surface area contributed by atoms with Crippen LogP contribution in [0.5, 0.6) is 0 Å². The predicted molar refractivity (Wildman–Crippen MR) is 73.7 cm³/mol. The van der Waals surface area contributed by atoms with Crippen molar-refractivity contribution >= 4 is 5.82 Å². The van der Waals surface area contributed by atoms with Crippen LogP contribution in [0.2, 0.25) is 0 Å². The summed E-state index contributed by atoms with van der Waals surface area (Å²) >= 11 is 0. The minimum Gasteiger partial charge on any atom is -0.396 e. The van der Waals surface area contributed by atoms with Gasteiger partial charge in [0.05, 0.1) is 0 Å². The molecule has 0 aromatic carbocycles. The van der Waals surface area contributed by atoms with Crippen LogP contribution in [0.1, 0.15) is 31.4 Å². The van der Waals surface area contributed by atoms with Crippen molar-refractivity contribution in [3.8, 4) is 0 Å². The number of anilines is 1. The zero-order chi connectivity index (χ0) is 13.0. The van der Waals surface area contributed by atoms with Crippen LogP contribution < -0.4 is 10.2 Å². The third-order valence-electron chi connectivity index (χ3n) is 3.79. The summed E-state index contributed by atoms with van der Waals surface area (Å²) < 4.78 is 0. The van der Waals surface area contributed by atoms with Crippen molar-refractivity contribution < 1.29 is 5.11 Å². The van der Waals surface area contributed by atoms with E-state index in [1.54, 1.807) is 0 Å². The second-order valence-electron chi connectivity index (χ2n) is 5.06. The molecule has 2 atom stereocenters. The van der Waals surface area contributed by atoms with Gasteiger partial charge in [0.25, 0.3) is 0 Å². The van der Waals surface area contributed by atoms with E-state index in [9.17, 15) is 5.11 Å². The van der Waals surface area contributed by atoms with Gasteiger partial charge in [-0.3, -0.25) is 0 Å². The van der Waals surface area contributed by atoms with Gasteiger partial charge in [0.2, 0.25) is 0 Å². The number of nitrogens with one attached hydrogen (secondary N) is 1. The first-order chi connectivity index (χ1) is 8.76. The molecule has 1 saturated heterocycles. The smallest absolute Gasteiger partial charge is 0.133 e. The molecule has 0 amide bonds. The lowest BCUT2D eigenvalue weighted by Gasteiger charge is -2.34. The minimum atomic E-state index is 0.278. The topological polar surface area (TPSA) is 48.4 Å². The normalized spacial score (nSPS) is 21.9. The van der Waals surface area contributed by atoms with E-state index in [4.69, 9.17) is 0 Å². The van der Waals surface area contributed by atoms with Gasteiger partial charge in [-0.2, -0.15) is 0 Å². The van der Waals surface area contributed by atoms with E-state index in [2.05, 4.69) is 28.2 Å². The molecule has 4 nitrogen and oxygen atoms in total. The number of aliphatic hydroxyl groups is 1. The molecule has 0 bridgehead atoms. The lowest BCUT2D eigenvalue weighted by Crippen LogP contribution is -2.38. The van der Waals surface area contributed by atoms with Crippen molar-refractivity contribution in [2.45, 2.75) is 25.8 Å². The maximum Gasteiger partial charge on any atom is 0.133 e. The number of hydrogen-bond donors (Lipinski definition) is 2. The Morgan fingerprint density at radius 1 is 1.61 bits per heavy atom. The first-order valence-electron chi connectivity index (χ1n) is 6.74. The van der Waals surface area contributed by atoms with E-state index in [1.165, 1.54) is 5.56 Å². The fraction of sp³-hybridized carbons (Fsp3) is 0.643. The molecule has 100 valence electrons. The lowest BCUT2D eigenvalue weighted by molar-refractivity contribution is 0.208. The van der Waals surface area contributed by atoms with Gasteiger partial charge in [-0.1, -0.05) is 6.07 Å². The summed E-state index contributed by atoms with van der Waals surface area (Å²) in [4.78, 5) is 6.86.